The standard InChI is InChI=1S/C15H25NO3/c1-13(2)12-18-10-9-17-7-4-8-19-15-6-3-5-14(16)11-15/h3,5-6,11,13H,4,7-10,12,16H2,1-2H3. The molecule has 0 spiro atoms. The van der Waals surface area contributed by atoms with E-state index in [1.54, 1.807) is 0 Å². The molecule has 0 unspecified atom stereocenters. The number of nitrogens with two attached hydrogens (primary N) is 1. The molecule has 0 saturated carbocycles. The van der Waals surface area contributed by atoms with Gasteiger partial charge < -0.3 is 19.9 Å². The minimum absolute atomic E-state index is 0.576. The third-order valence-corrected chi connectivity index (χ3v) is 2.38. The third kappa shape index (κ3) is 8.46. The van der Waals surface area contributed by atoms with E-state index in [1.807, 2.05) is 24.3 Å². The molecule has 19 heavy (non-hydrogen) atoms. The summed E-state index contributed by atoms with van der Waals surface area (Å²) in [4.78, 5) is 0. The van der Waals surface area contributed by atoms with Crippen LogP contribution in [-0.2, 0) is 9.47 Å². The van der Waals surface area contributed by atoms with E-state index in [0.717, 1.165) is 24.5 Å². The van der Waals surface area contributed by atoms with Gasteiger partial charge in [0.05, 0.1) is 19.8 Å². The predicted molar refractivity (Wildman–Crippen MR) is 77.4 cm³/mol. The van der Waals surface area contributed by atoms with E-state index in [-0.39, 0.29) is 0 Å². The Labute approximate surface area is 115 Å². The smallest absolute Gasteiger partial charge is 0.121 e. The van der Waals surface area contributed by atoms with Crippen molar-refractivity contribution in [2.45, 2.75) is 20.3 Å². The Kier molecular flexibility index (Phi) is 8.02. The van der Waals surface area contributed by atoms with Gasteiger partial charge in [-0.3, -0.25) is 0 Å². The Bertz CT molecular complexity index is 342. The molecule has 2 N–H and O–H groups in total. The van der Waals surface area contributed by atoms with Crippen molar-refractivity contribution in [2.24, 2.45) is 5.92 Å². The molecule has 0 atom stereocenters. The Morgan fingerprint density at radius 3 is 2.58 bits per heavy atom. The van der Waals surface area contributed by atoms with Crippen LogP contribution < -0.4 is 10.5 Å². The molecule has 0 aliphatic carbocycles. The second-order valence-corrected chi connectivity index (χ2v) is 4.86. The first kappa shape index (κ1) is 15.8. The summed E-state index contributed by atoms with van der Waals surface area (Å²) in [5.74, 6) is 1.38. The van der Waals surface area contributed by atoms with Gasteiger partial charge in [0.25, 0.3) is 0 Å². The summed E-state index contributed by atoms with van der Waals surface area (Å²) < 4.78 is 16.4. The summed E-state index contributed by atoms with van der Waals surface area (Å²) in [6.45, 7) is 7.69. The van der Waals surface area contributed by atoms with Crippen LogP contribution in [-0.4, -0.2) is 33.0 Å². The lowest BCUT2D eigenvalue weighted by molar-refractivity contribution is 0.0343. The number of benzene rings is 1. The summed E-state index contributed by atoms with van der Waals surface area (Å²) >= 11 is 0. The molecule has 0 bridgehead atoms. The van der Waals surface area contributed by atoms with Crippen LogP contribution in [0, 0.1) is 5.92 Å². The van der Waals surface area contributed by atoms with Gasteiger partial charge >= 0.3 is 0 Å². The Hall–Kier alpha value is -1.26. The van der Waals surface area contributed by atoms with E-state index in [4.69, 9.17) is 19.9 Å². The highest BCUT2D eigenvalue weighted by atomic mass is 16.5. The predicted octanol–water partition coefficient (Wildman–Crippen LogP) is 2.73. The second-order valence-electron chi connectivity index (χ2n) is 4.86. The van der Waals surface area contributed by atoms with Gasteiger partial charge in [-0.05, 0) is 18.1 Å². The maximum Gasteiger partial charge on any atom is 0.121 e. The van der Waals surface area contributed by atoms with Crippen molar-refractivity contribution in [1.82, 2.24) is 0 Å². The number of rotatable bonds is 10. The van der Waals surface area contributed by atoms with Crippen molar-refractivity contribution in [3.8, 4) is 5.75 Å². The van der Waals surface area contributed by atoms with Gasteiger partial charge in [-0.15, -0.1) is 0 Å². The molecule has 1 aromatic rings. The van der Waals surface area contributed by atoms with Gasteiger partial charge in [0.1, 0.15) is 5.75 Å². The van der Waals surface area contributed by atoms with Gasteiger partial charge in [-0.25, -0.2) is 0 Å². The highest BCUT2D eigenvalue weighted by Crippen LogP contribution is 2.14. The lowest BCUT2D eigenvalue weighted by Crippen LogP contribution is -2.10. The van der Waals surface area contributed by atoms with E-state index in [9.17, 15) is 0 Å². The first-order chi connectivity index (χ1) is 9.18. The quantitative estimate of drug-likeness (QED) is 0.523. The van der Waals surface area contributed by atoms with E-state index < -0.39 is 0 Å². The van der Waals surface area contributed by atoms with E-state index >= 15 is 0 Å². The fourth-order valence-electron chi connectivity index (χ4n) is 1.49. The number of ether oxygens (including phenoxy) is 3. The number of anilines is 1. The molecule has 0 fully saturated rings. The monoisotopic (exact) mass is 267 g/mol. The Morgan fingerprint density at radius 2 is 1.84 bits per heavy atom. The number of hydrogen-bond donors (Lipinski definition) is 1. The summed E-state index contributed by atoms with van der Waals surface area (Å²) in [6.07, 6.45) is 0.860. The number of hydrogen-bond acceptors (Lipinski definition) is 4. The molecule has 0 aromatic heterocycles. The van der Waals surface area contributed by atoms with Crippen LogP contribution in [0.2, 0.25) is 0 Å². The van der Waals surface area contributed by atoms with Gasteiger partial charge in [0.2, 0.25) is 0 Å². The maximum absolute atomic E-state index is 5.66. The van der Waals surface area contributed by atoms with Crippen LogP contribution in [0.25, 0.3) is 0 Å². The fraction of sp³-hybridized carbons (Fsp3) is 0.600. The topological polar surface area (TPSA) is 53.7 Å². The van der Waals surface area contributed by atoms with E-state index in [2.05, 4.69) is 13.8 Å². The number of nitrogen functional groups attached to an aromatic ring is 1. The molecular formula is C15H25NO3. The summed E-state index contributed by atoms with van der Waals surface area (Å²) in [7, 11) is 0. The normalized spacial score (nSPS) is 10.9. The zero-order valence-corrected chi connectivity index (χ0v) is 11.9. The van der Waals surface area contributed by atoms with Crippen LogP contribution in [0.1, 0.15) is 20.3 Å². The molecule has 0 aliphatic heterocycles. The lowest BCUT2D eigenvalue weighted by Gasteiger charge is -2.08. The average Bonchev–Trinajstić information content (AvgIpc) is 2.36. The van der Waals surface area contributed by atoms with Crippen molar-refractivity contribution >= 4 is 5.69 Å². The van der Waals surface area contributed by atoms with Crippen molar-refractivity contribution < 1.29 is 14.2 Å². The first-order valence-corrected chi connectivity index (χ1v) is 6.82. The molecule has 0 aliphatic rings. The van der Waals surface area contributed by atoms with Gasteiger partial charge in [-0.1, -0.05) is 19.9 Å². The van der Waals surface area contributed by atoms with Crippen molar-refractivity contribution in [2.75, 3.05) is 38.8 Å². The Balaban J connectivity index is 1.91. The molecule has 0 saturated heterocycles. The first-order valence-electron chi connectivity index (χ1n) is 6.82. The van der Waals surface area contributed by atoms with Crippen LogP contribution in [0.5, 0.6) is 5.75 Å². The zero-order chi connectivity index (χ0) is 13.9. The molecule has 1 rings (SSSR count). The SMILES string of the molecule is CC(C)COCCOCCCOc1cccc(N)c1. The molecule has 0 radical (unpaired) electrons. The average molecular weight is 267 g/mol. The van der Waals surface area contributed by atoms with Crippen molar-refractivity contribution in [3.63, 3.8) is 0 Å². The molecule has 108 valence electrons. The summed E-state index contributed by atoms with van der Waals surface area (Å²) in [5.41, 5.74) is 6.38. The largest absolute Gasteiger partial charge is 0.493 e. The minimum atomic E-state index is 0.576. The van der Waals surface area contributed by atoms with Crippen LogP contribution >= 0.6 is 0 Å². The maximum atomic E-state index is 5.66. The van der Waals surface area contributed by atoms with Crippen molar-refractivity contribution in [3.05, 3.63) is 24.3 Å². The summed E-state index contributed by atoms with van der Waals surface area (Å²) in [6, 6.07) is 7.44. The molecule has 0 heterocycles. The van der Waals surface area contributed by atoms with Gasteiger partial charge in [-0.2, -0.15) is 0 Å². The molecule has 0 amide bonds. The lowest BCUT2D eigenvalue weighted by atomic mass is 10.2. The zero-order valence-electron chi connectivity index (χ0n) is 11.9. The molecule has 4 nitrogen and oxygen atoms in total. The second kappa shape index (κ2) is 9.64. The van der Waals surface area contributed by atoms with Gasteiger partial charge in [0, 0.05) is 31.4 Å². The van der Waals surface area contributed by atoms with E-state index in [1.165, 1.54) is 0 Å². The van der Waals surface area contributed by atoms with Crippen LogP contribution in [0.3, 0.4) is 0 Å². The highest BCUT2D eigenvalue weighted by molar-refractivity contribution is 5.43. The molecular weight excluding hydrogens is 242 g/mol. The molecule has 4 heteroatoms. The third-order valence-electron chi connectivity index (χ3n) is 2.38. The van der Waals surface area contributed by atoms with Crippen LogP contribution in [0.15, 0.2) is 24.3 Å². The van der Waals surface area contributed by atoms with Gasteiger partial charge in [0.15, 0.2) is 0 Å². The van der Waals surface area contributed by atoms with E-state index in [0.29, 0.717) is 32.3 Å². The highest BCUT2D eigenvalue weighted by Gasteiger charge is 1.96. The van der Waals surface area contributed by atoms with Crippen molar-refractivity contribution in [1.29, 1.82) is 0 Å². The fourth-order valence-corrected chi connectivity index (χ4v) is 1.49. The minimum Gasteiger partial charge on any atom is -0.493 e. The van der Waals surface area contributed by atoms with Crippen LogP contribution in [0.4, 0.5) is 5.69 Å². The molecule has 1 aromatic carbocycles. The summed E-state index contributed by atoms with van der Waals surface area (Å²) in [5, 5.41) is 0. The Morgan fingerprint density at radius 1 is 1.05 bits per heavy atom.